The molecule has 82 valence electrons. The minimum Gasteiger partial charge on any atom is -0.548 e. The van der Waals surface area contributed by atoms with Gasteiger partial charge in [-0.3, -0.25) is 4.99 Å². The van der Waals surface area contributed by atoms with Crippen LogP contribution in [0, 0.1) is 11.3 Å². The molecule has 0 bridgehead atoms. The quantitative estimate of drug-likeness (QED) is 0.418. The van der Waals surface area contributed by atoms with Gasteiger partial charge in [-0.15, -0.1) is 0 Å². The topological polar surface area (TPSA) is 52.5 Å². The molecule has 0 fully saturated rings. The summed E-state index contributed by atoms with van der Waals surface area (Å²) >= 11 is 0. The minimum absolute atomic E-state index is 0. The molecule has 0 N–H and O–H groups in total. The van der Waals surface area contributed by atoms with E-state index >= 15 is 0 Å². The summed E-state index contributed by atoms with van der Waals surface area (Å²) in [6.07, 6.45) is 2.23. The van der Waals surface area contributed by atoms with Gasteiger partial charge in [-0.05, 0) is 17.8 Å². The summed E-state index contributed by atoms with van der Waals surface area (Å²) in [6.45, 7) is 9.90. The Labute approximate surface area is 115 Å². The fraction of sp³-hybridized carbons (Fsp3) is 0.818. The van der Waals surface area contributed by atoms with E-state index in [1.807, 2.05) is 34.6 Å². The molecule has 3 nitrogen and oxygen atoms in total. The van der Waals surface area contributed by atoms with Crippen LogP contribution in [0.2, 0.25) is 0 Å². The van der Waals surface area contributed by atoms with Crippen molar-refractivity contribution < 1.29 is 39.5 Å². The van der Waals surface area contributed by atoms with Crippen molar-refractivity contribution in [3.8, 4) is 0 Å². The van der Waals surface area contributed by atoms with Gasteiger partial charge in [-0.2, -0.15) is 0 Å². The van der Waals surface area contributed by atoms with E-state index in [2.05, 4.69) is 4.99 Å². The third-order valence-electron chi connectivity index (χ3n) is 1.61. The Morgan fingerprint density at radius 2 is 1.87 bits per heavy atom. The van der Waals surface area contributed by atoms with Gasteiger partial charge in [0.25, 0.3) is 0 Å². The molecule has 0 rings (SSSR count). The fourth-order valence-electron chi connectivity index (χ4n) is 0.978. The van der Waals surface area contributed by atoms with Gasteiger partial charge in [0.05, 0.1) is 12.0 Å². The van der Waals surface area contributed by atoms with Crippen molar-refractivity contribution in [1.82, 2.24) is 0 Å². The zero-order valence-corrected chi connectivity index (χ0v) is 12.7. The Balaban J connectivity index is 0. The van der Waals surface area contributed by atoms with E-state index in [-0.39, 0.29) is 35.0 Å². The Kier molecular flexibility index (Phi) is 8.67. The molecule has 0 aliphatic heterocycles. The van der Waals surface area contributed by atoms with Gasteiger partial charge in [-0.25, -0.2) is 0 Å². The zero-order chi connectivity index (χ0) is 11.4. The molecule has 0 saturated heterocycles. The summed E-state index contributed by atoms with van der Waals surface area (Å²) in [5.74, 6) is -0.769. The van der Waals surface area contributed by atoms with Crippen LogP contribution in [0.25, 0.3) is 0 Å². The number of carboxylic acid groups (broad SMARTS) is 1. The van der Waals surface area contributed by atoms with Gasteiger partial charge in [0, 0.05) is 6.21 Å². The first kappa shape index (κ1) is 17.5. The summed E-state index contributed by atoms with van der Waals surface area (Å²) in [7, 11) is 0. The first-order valence-corrected chi connectivity index (χ1v) is 4.97. The number of rotatable bonds is 4. The molecule has 0 radical (unpaired) electrons. The number of aliphatic imine (C=N–C) groups is 1. The van der Waals surface area contributed by atoms with Crippen LogP contribution in [0.3, 0.4) is 0 Å². The summed E-state index contributed by atoms with van der Waals surface area (Å²) in [6, 6.07) is -0.700. The number of carbonyl (C=O) groups excluding carboxylic acids is 1. The summed E-state index contributed by atoms with van der Waals surface area (Å²) in [4.78, 5) is 14.8. The van der Waals surface area contributed by atoms with Crippen LogP contribution in [0.15, 0.2) is 4.99 Å². The maximum atomic E-state index is 10.7. The molecule has 0 aliphatic carbocycles. The molecule has 1 atom stereocenters. The molecule has 0 amide bonds. The van der Waals surface area contributed by atoms with E-state index in [1.54, 1.807) is 6.21 Å². The average molecular weight is 221 g/mol. The fourth-order valence-corrected chi connectivity index (χ4v) is 0.978. The van der Waals surface area contributed by atoms with E-state index in [4.69, 9.17) is 0 Å². The molecule has 0 unspecified atom stereocenters. The van der Waals surface area contributed by atoms with Gasteiger partial charge in [0.15, 0.2) is 0 Å². The van der Waals surface area contributed by atoms with Crippen molar-refractivity contribution in [2.24, 2.45) is 16.3 Å². The van der Waals surface area contributed by atoms with Crippen LogP contribution in [-0.4, -0.2) is 18.2 Å². The summed E-state index contributed by atoms with van der Waals surface area (Å²) in [5, 5.41) is 10.7. The van der Waals surface area contributed by atoms with E-state index in [9.17, 15) is 9.90 Å². The number of hydrogen-bond donors (Lipinski definition) is 0. The van der Waals surface area contributed by atoms with Crippen LogP contribution in [0.4, 0.5) is 0 Å². The SMILES string of the molecule is CC(C)C[C@H](N=CC(C)(C)C)C(=O)[O-].[Na+]. The Morgan fingerprint density at radius 3 is 2.13 bits per heavy atom. The average Bonchev–Trinajstić information content (AvgIpc) is 1.94. The second-order valence-electron chi connectivity index (χ2n) is 5.11. The first-order chi connectivity index (χ1) is 6.22. The molecule has 0 aliphatic rings. The van der Waals surface area contributed by atoms with Crippen LogP contribution in [0.5, 0.6) is 0 Å². The van der Waals surface area contributed by atoms with E-state index in [1.165, 1.54) is 0 Å². The first-order valence-electron chi connectivity index (χ1n) is 4.97. The Morgan fingerprint density at radius 1 is 1.40 bits per heavy atom. The standard InChI is InChI=1S/C11H21NO2.Na/c1-8(2)6-9(10(13)14)12-7-11(3,4)5;/h7-9H,6H2,1-5H3,(H,13,14);/q;+1/p-1/t9-;/m0./s1. The van der Waals surface area contributed by atoms with E-state index in [0.717, 1.165) is 0 Å². The number of carbonyl (C=O) groups is 1. The molecule has 0 saturated carbocycles. The summed E-state index contributed by atoms with van der Waals surface area (Å²) < 4.78 is 0. The maximum absolute atomic E-state index is 10.7. The van der Waals surface area contributed by atoms with Gasteiger partial charge in [0.1, 0.15) is 0 Å². The van der Waals surface area contributed by atoms with Crippen molar-refractivity contribution in [3.05, 3.63) is 0 Å². The van der Waals surface area contributed by atoms with Gasteiger partial charge in [-0.1, -0.05) is 34.6 Å². The molecule has 0 aromatic heterocycles. The molecule has 0 aromatic rings. The number of carboxylic acids is 1. The second-order valence-corrected chi connectivity index (χ2v) is 5.11. The second kappa shape index (κ2) is 7.42. The van der Waals surface area contributed by atoms with E-state index < -0.39 is 12.0 Å². The van der Waals surface area contributed by atoms with Gasteiger partial charge < -0.3 is 9.90 Å². The minimum atomic E-state index is -1.08. The number of hydrogen-bond acceptors (Lipinski definition) is 3. The van der Waals surface area contributed by atoms with Crippen LogP contribution >= 0.6 is 0 Å². The van der Waals surface area contributed by atoms with Crippen molar-refractivity contribution in [1.29, 1.82) is 0 Å². The Bertz CT molecular complexity index is 219. The Hall–Kier alpha value is 0.140. The molecule has 15 heavy (non-hydrogen) atoms. The number of nitrogens with zero attached hydrogens (tertiary/aromatic N) is 1. The zero-order valence-electron chi connectivity index (χ0n) is 10.7. The van der Waals surface area contributed by atoms with Crippen molar-refractivity contribution >= 4 is 12.2 Å². The monoisotopic (exact) mass is 221 g/mol. The van der Waals surface area contributed by atoms with Crippen LogP contribution in [-0.2, 0) is 4.79 Å². The largest absolute Gasteiger partial charge is 1.00 e. The molecule has 0 spiro atoms. The third kappa shape index (κ3) is 10.4. The molecular formula is C11H20NNaO2. The molecule has 4 heteroatoms. The normalized spacial score (nSPS) is 14.0. The van der Waals surface area contributed by atoms with Crippen molar-refractivity contribution in [2.75, 3.05) is 0 Å². The number of aliphatic carboxylic acids is 1. The van der Waals surface area contributed by atoms with Crippen LogP contribution in [0.1, 0.15) is 41.0 Å². The predicted molar refractivity (Wildman–Crippen MR) is 56.2 cm³/mol. The third-order valence-corrected chi connectivity index (χ3v) is 1.61. The smallest absolute Gasteiger partial charge is 0.548 e. The van der Waals surface area contributed by atoms with Crippen molar-refractivity contribution in [3.63, 3.8) is 0 Å². The summed E-state index contributed by atoms with van der Waals surface area (Å²) in [5.41, 5.74) is -0.0787. The maximum Gasteiger partial charge on any atom is 1.00 e. The van der Waals surface area contributed by atoms with E-state index in [0.29, 0.717) is 12.3 Å². The van der Waals surface area contributed by atoms with Gasteiger partial charge in [0.2, 0.25) is 0 Å². The van der Waals surface area contributed by atoms with Crippen molar-refractivity contribution in [2.45, 2.75) is 47.1 Å². The van der Waals surface area contributed by atoms with Crippen LogP contribution < -0.4 is 34.7 Å². The van der Waals surface area contributed by atoms with Gasteiger partial charge >= 0.3 is 29.6 Å². The molecule has 0 heterocycles. The predicted octanol–water partition coefficient (Wildman–Crippen LogP) is -1.73. The molecule has 0 aromatic carbocycles. The molecular weight excluding hydrogens is 201 g/mol.